The van der Waals surface area contributed by atoms with E-state index in [1.54, 1.807) is 6.20 Å². The summed E-state index contributed by atoms with van der Waals surface area (Å²) in [6.45, 7) is 1.85. The quantitative estimate of drug-likeness (QED) is 0.743. The molecule has 25 heavy (non-hydrogen) atoms. The number of nitrogens with one attached hydrogen (secondary N) is 1. The maximum atomic E-state index is 11.7. The van der Waals surface area contributed by atoms with Gasteiger partial charge in [-0.25, -0.2) is 15.0 Å². The van der Waals surface area contributed by atoms with Crippen molar-refractivity contribution in [2.45, 2.75) is 12.8 Å². The third-order valence-corrected chi connectivity index (χ3v) is 5.40. The fraction of sp³-hybridized carbons (Fsp3) is 0.333. The second kappa shape index (κ2) is 5.27. The lowest BCUT2D eigenvalue weighted by atomic mass is 10.0. The van der Waals surface area contributed by atoms with Gasteiger partial charge in [-0.1, -0.05) is 0 Å². The molecule has 1 aliphatic heterocycles. The molecular weight excluding hydrogens is 316 g/mol. The fourth-order valence-electron chi connectivity index (χ4n) is 4.29. The first-order valence-corrected chi connectivity index (χ1v) is 8.50. The fourth-order valence-corrected chi connectivity index (χ4v) is 4.29. The van der Waals surface area contributed by atoms with Gasteiger partial charge in [-0.05, 0) is 24.0 Å². The maximum absolute atomic E-state index is 11.7. The molecule has 2 atom stereocenters. The first-order chi connectivity index (χ1) is 12.2. The molecule has 0 radical (unpaired) electrons. The van der Waals surface area contributed by atoms with Gasteiger partial charge in [-0.3, -0.25) is 4.79 Å². The predicted octanol–water partition coefficient (Wildman–Crippen LogP) is 2.02. The summed E-state index contributed by atoms with van der Waals surface area (Å²) in [4.78, 5) is 30.1. The molecule has 1 saturated heterocycles. The monoisotopic (exact) mass is 334 g/mol. The Kier molecular flexibility index (Phi) is 3.03. The molecular formula is C18H18N6O. The first kappa shape index (κ1) is 14.4. The van der Waals surface area contributed by atoms with Crippen LogP contribution in [0.4, 0.5) is 11.6 Å². The van der Waals surface area contributed by atoms with E-state index in [1.165, 1.54) is 0 Å². The van der Waals surface area contributed by atoms with Crippen molar-refractivity contribution in [3.8, 4) is 11.3 Å². The van der Waals surface area contributed by atoms with Crippen LogP contribution in [0.5, 0.6) is 0 Å². The normalized spacial score (nSPS) is 22.7. The lowest BCUT2D eigenvalue weighted by molar-refractivity contribution is -0.117. The van der Waals surface area contributed by atoms with Gasteiger partial charge in [0.1, 0.15) is 11.4 Å². The number of hydrogen-bond donors (Lipinski definition) is 2. The molecule has 2 aliphatic rings. The number of H-pyrrole nitrogens is 1. The minimum atomic E-state index is 0.256. The van der Waals surface area contributed by atoms with Gasteiger partial charge in [0.25, 0.3) is 0 Å². The minimum Gasteiger partial charge on any atom is -0.370 e. The Morgan fingerprint density at radius 1 is 1.12 bits per heavy atom. The zero-order valence-electron chi connectivity index (χ0n) is 13.6. The van der Waals surface area contributed by atoms with Gasteiger partial charge in [0.15, 0.2) is 0 Å². The molecule has 0 aromatic carbocycles. The Morgan fingerprint density at radius 2 is 1.88 bits per heavy atom. The van der Waals surface area contributed by atoms with Crippen LogP contribution >= 0.6 is 0 Å². The number of hydrogen-bond acceptors (Lipinski definition) is 6. The van der Waals surface area contributed by atoms with Gasteiger partial charge < -0.3 is 15.6 Å². The molecule has 7 nitrogen and oxygen atoms in total. The second-order valence-electron chi connectivity index (χ2n) is 6.93. The zero-order chi connectivity index (χ0) is 17.0. The molecule has 0 spiro atoms. The van der Waals surface area contributed by atoms with Crippen LogP contribution in [0.2, 0.25) is 0 Å². The van der Waals surface area contributed by atoms with Crippen LogP contribution < -0.4 is 10.6 Å². The zero-order valence-corrected chi connectivity index (χ0v) is 13.6. The van der Waals surface area contributed by atoms with Crippen molar-refractivity contribution < 1.29 is 4.79 Å². The highest BCUT2D eigenvalue weighted by Crippen LogP contribution is 2.41. The topological polar surface area (TPSA) is 101 Å². The highest BCUT2D eigenvalue weighted by atomic mass is 16.1. The van der Waals surface area contributed by atoms with E-state index in [2.05, 4.69) is 24.8 Å². The summed E-state index contributed by atoms with van der Waals surface area (Å²) >= 11 is 0. The van der Waals surface area contributed by atoms with E-state index in [9.17, 15) is 4.79 Å². The Hall–Kier alpha value is -2.96. The average Bonchev–Trinajstić information content (AvgIpc) is 3.26. The van der Waals surface area contributed by atoms with Gasteiger partial charge in [-0.2, -0.15) is 0 Å². The summed E-state index contributed by atoms with van der Waals surface area (Å²) in [5.74, 6) is 1.63. The molecule has 2 fully saturated rings. The van der Waals surface area contributed by atoms with Crippen LogP contribution in [0.3, 0.4) is 0 Å². The van der Waals surface area contributed by atoms with Crippen LogP contribution in [-0.2, 0) is 4.79 Å². The number of pyridine rings is 1. The largest absolute Gasteiger partial charge is 0.370 e. The van der Waals surface area contributed by atoms with E-state index < -0.39 is 0 Å². The smallest absolute Gasteiger partial charge is 0.220 e. The van der Waals surface area contributed by atoms with E-state index >= 15 is 0 Å². The van der Waals surface area contributed by atoms with Crippen molar-refractivity contribution in [3.05, 3.63) is 30.7 Å². The molecule has 4 heterocycles. The van der Waals surface area contributed by atoms with Gasteiger partial charge in [0.05, 0.1) is 16.8 Å². The van der Waals surface area contributed by atoms with Gasteiger partial charge in [0.2, 0.25) is 5.95 Å². The number of carbonyl (C=O) groups is 1. The Balaban J connectivity index is 1.60. The summed E-state index contributed by atoms with van der Waals surface area (Å²) in [5, 5.41) is 1.05. The lowest BCUT2D eigenvalue weighted by Crippen LogP contribution is -2.22. The van der Waals surface area contributed by atoms with Crippen molar-refractivity contribution >= 4 is 28.5 Å². The molecule has 0 amide bonds. The Bertz CT molecular complexity index is 965. The number of carbonyl (C=O) groups excluding carboxylic acids is 1. The van der Waals surface area contributed by atoms with Gasteiger partial charge in [-0.15, -0.1) is 0 Å². The first-order valence-electron chi connectivity index (χ1n) is 8.50. The van der Waals surface area contributed by atoms with Crippen molar-refractivity contribution in [3.63, 3.8) is 0 Å². The number of rotatable bonds is 2. The predicted molar refractivity (Wildman–Crippen MR) is 95.0 cm³/mol. The third-order valence-electron chi connectivity index (χ3n) is 5.40. The van der Waals surface area contributed by atoms with Crippen LogP contribution in [0.15, 0.2) is 30.7 Å². The van der Waals surface area contributed by atoms with E-state index in [0.717, 1.165) is 53.9 Å². The van der Waals surface area contributed by atoms with E-state index in [4.69, 9.17) is 5.73 Å². The Labute approximate surface area is 144 Å². The number of ketones is 1. The molecule has 5 rings (SSSR count). The van der Waals surface area contributed by atoms with Crippen molar-refractivity contribution in [1.82, 2.24) is 19.9 Å². The van der Waals surface area contributed by atoms with Crippen molar-refractivity contribution in [2.75, 3.05) is 23.7 Å². The third kappa shape index (κ3) is 2.26. The highest BCUT2D eigenvalue weighted by Gasteiger charge is 2.40. The molecule has 126 valence electrons. The van der Waals surface area contributed by atoms with Crippen molar-refractivity contribution in [2.24, 2.45) is 11.8 Å². The molecule has 1 aliphatic carbocycles. The number of Topliss-reactive ketones (excluding diaryl/α,β-unsaturated/α-hetero) is 1. The van der Waals surface area contributed by atoms with E-state index in [0.29, 0.717) is 17.6 Å². The van der Waals surface area contributed by atoms with Crippen LogP contribution in [0.25, 0.3) is 22.3 Å². The van der Waals surface area contributed by atoms with Crippen LogP contribution in [0, 0.1) is 11.8 Å². The number of aromatic nitrogens is 4. The number of nitrogens with zero attached hydrogens (tertiary/aromatic N) is 4. The second-order valence-corrected chi connectivity index (χ2v) is 6.93. The van der Waals surface area contributed by atoms with E-state index in [-0.39, 0.29) is 5.95 Å². The number of aromatic amines is 1. The molecule has 1 saturated carbocycles. The maximum Gasteiger partial charge on any atom is 0.220 e. The molecule has 0 bridgehead atoms. The standard InChI is InChI=1S/C18H18N6O/c19-18-21-3-1-14(23-18)13-7-22-17-16(13)15(2-4-20-17)24-8-10-5-12(25)6-11(10)9-24/h1-4,7,10-11H,5-6,8-9H2,(H,20,22)(H2,19,21,23). The number of nitrogen functional groups attached to an aromatic ring is 1. The summed E-state index contributed by atoms with van der Waals surface area (Å²) in [7, 11) is 0. The Morgan fingerprint density at radius 3 is 2.64 bits per heavy atom. The SMILES string of the molecule is Nc1nccc(-c2c[nH]c3nccc(N4CC5CC(=O)CC5C4)c23)n1. The molecule has 3 N–H and O–H groups in total. The van der Waals surface area contributed by atoms with E-state index in [1.807, 2.05) is 24.5 Å². The van der Waals surface area contributed by atoms with Crippen LogP contribution in [-0.4, -0.2) is 38.8 Å². The lowest BCUT2D eigenvalue weighted by Gasteiger charge is -2.21. The molecule has 3 aromatic heterocycles. The average molecular weight is 334 g/mol. The molecule has 2 unspecified atom stereocenters. The number of nitrogens with two attached hydrogens (primary N) is 1. The number of fused-ring (bicyclic) bond motifs is 2. The summed E-state index contributed by atoms with van der Waals surface area (Å²) in [6, 6.07) is 3.90. The highest BCUT2D eigenvalue weighted by molar-refractivity contribution is 6.02. The number of anilines is 2. The summed E-state index contributed by atoms with van der Waals surface area (Å²) < 4.78 is 0. The molecule has 7 heteroatoms. The molecule has 3 aromatic rings. The van der Waals surface area contributed by atoms with Gasteiger partial charge >= 0.3 is 0 Å². The van der Waals surface area contributed by atoms with Gasteiger partial charge in [0, 0.05) is 50.1 Å². The summed E-state index contributed by atoms with van der Waals surface area (Å²) in [5.41, 5.74) is 9.48. The van der Waals surface area contributed by atoms with Crippen LogP contribution in [0.1, 0.15) is 12.8 Å². The summed E-state index contributed by atoms with van der Waals surface area (Å²) in [6.07, 6.45) is 6.85. The minimum absolute atomic E-state index is 0.256. The van der Waals surface area contributed by atoms with Crippen molar-refractivity contribution in [1.29, 1.82) is 0 Å².